The molecule has 0 saturated carbocycles. The highest BCUT2D eigenvalue weighted by molar-refractivity contribution is 7.91. The van der Waals surface area contributed by atoms with Crippen molar-refractivity contribution in [3.8, 4) is 11.4 Å². The first kappa shape index (κ1) is 16.1. The highest BCUT2D eigenvalue weighted by Crippen LogP contribution is 2.14. The summed E-state index contributed by atoms with van der Waals surface area (Å²) in [4.78, 5) is 0. The third-order valence-electron chi connectivity index (χ3n) is 3.29. The summed E-state index contributed by atoms with van der Waals surface area (Å²) in [7, 11) is -3.60. The van der Waals surface area contributed by atoms with Crippen LogP contribution < -0.4 is 4.74 Å². The third-order valence-corrected chi connectivity index (χ3v) is 4.93. The minimum Gasteiger partial charge on any atom is -0.494 e. The standard InChI is InChI=1S/C16H16N4O3S/c21-24(22,13-7-12-23-15-10-5-2-6-11-15)16-17-18-19-20(16)14-8-3-1-4-9-14/h1-6,8-11H,7,12-13H2. The van der Waals surface area contributed by atoms with Crippen LogP contribution in [-0.4, -0.2) is 41.0 Å². The van der Waals surface area contributed by atoms with Gasteiger partial charge in [-0.3, -0.25) is 0 Å². The van der Waals surface area contributed by atoms with Crippen molar-refractivity contribution in [1.29, 1.82) is 0 Å². The molecule has 0 amide bonds. The second-order valence-electron chi connectivity index (χ2n) is 5.04. The summed E-state index contributed by atoms with van der Waals surface area (Å²) in [5.74, 6) is 0.622. The van der Waals surface area contributed by atoms with Crippen molar-refractivity contribution in [2.24, 2.45) is 0 Å². The van der Waals surface area contributed by atoms with Crippen LogP contribution in [0.2, 0.25) is 0 Å². The van der Waals surface area contributed by atoms with Crippen LogP contribution in [0.15, 0.2) is 65.8 Å². The summed E-state index contributed by atoms with van der Waals surface area (Å²) in [5.41, 5.74) is 0.599. The molecule has 7 nitrogen and oxygen atoms in total. The van der Waals surface area contributed by atoms with Gasteiger partial charge in [0.1, 0.15) is 5.75 Å². The summed E-state index contributed by atoms with van der Waals surface area (Å²) in [6.07, 6.45) is 0.346. The van der Waals surface area contributed by atoms with Crippen LogP contribution in [0.4, 0.5) is 0 Å². The van der Waals surface area contributed by atoms with Crippen LogP contribution in [0.1, 0.15) is 6.42 Å². The number of para-hydroxylation sites is 2. The lowest BCUT2D eigenvalue weighted by molar-refractivity contribution is 0.317. The number of benzene rings is 2. The SMILES string of the molecule is O=S(=O)(CCCOc1ccccc1)c1nnnn1-c1ccccc1. The highest BCUT2D eigenvalue weighted by Gasteiger charge is 2.23. The van der Waals surface area contributed by atoms with E-state index in [1.807, 2.05) is 36.4 Å². The molecule has 24 heavy (non-hydrogen) atoms. The number of sulfone groups is 1. The zero-order chi connectivity index (χ0) is 16.8. The van der Waals surface area contributed by atoms with E-state index in [0.29, 0.717) is 24.5 Å². The van der Waals surface area contributed by atoms with Gasteiger partial charge in [0.2, 0.25) is 9.84 Å². The molecule has 0 bridgehead atoms. The van der Waals surface area contributed by atoms with E-state index in [1.165, 1.54) is 4.68 Å². The average molecular weight is 344 g/mol. The molecule has 0 atom stereocenters. The fourth-order valence-electron chi connectivity index (χ4n) is 2.15. The van der Waals surface area contributed by atoms with Gasteiger partial charge >= 0.3 is 0 Å². The molecule has 124 valence electrons. The molecule has 0 spiro atoms. The Labute approximate surface area is 139 Å². The number of nitrogens with zero attached hydrogens (tertiary/aromatic N) is 4. The van der Waals surface area contributed by atoms with Crippen molar-refractivity contribution < 1.29 is 13.2 Å². The Kier molecular flexibility index (Phi) is 4.85. The molecular formula is C16H16N4O3S. The molecule has 0 unspecified atom stereocenters. The molecule has 0 saturated heterocycles. The van der Waals surface area contributed by atoms with E-state index >= 15 is 0 Å². The summed E-state index contributed by atoms with van der Waals surface area (Å²) in [6, 6.07) is 18.2. The van der Waals surface area contributed by atoms with Gasteiger partial charge in [0.25, 0.3) is 5.16 Å². The van der Waals surface area contributed by atoms with Gasteiger partial charge in [0, 0.05) is 0 Å². The van der Waals surface area contributed by atoms with E-state index < -0.39 is 9.84 Å². The highest BCUT2D eigenvalue weighted by atomic mass is 32.2. The Hall–Kier alpha value is -2.74. The molecule has 0 N–H and O–H groups in total. The summed E-state index contributed by atoms with van der Waals surface area (Å²) in [5, 5.41) is 10.8. The van der Waals surface area contributed by atoms with Crippen molar-refractivity contribution in [2.75, 3.05) is 12.4 Å². The Bertz CT molecular complexity index is 880. The predicted molar refractivity (Wildman–Crippen MR) is 87.8 cm³/mol. The van der Waals surface area contributed by atoms with Crippen LogP contribution in [0, 0.1) is 0 Å². The molecule has 0 radical (unpaired) electrons. The summed E-state index contributed by atoms with van der Waals surface area (Å²) < 4.78 is 31.7. The first-order valence-electron chi connectivity index (χ1n) is 7.41. The molecule has 3 aromatic rings. The first-order valence-corrected chi connectivity index (χ1v) is 9.06. The van der Waals surface area contributed by atoms with Gasteiger partial charge in [0.05, 0.1) is 18.0 Å². The van der Waals surface area contributed by atoms with Crippen LogP contribution in [0.3, 0.4) is 0 Å². The van der Waals surface area contributed by atoms with E-state index in [4.69, 9.17) is 4.74 Å². The van der Waals surface area contributed by atoms with E-state index in [9.17, 15) is 8.42 Å². The fraction of sp³-hybridized carbons (Fsp3) is 0.188. The Morgan fingerprint density at radius 3 is 2.33 bits per heavy atom. The van der Waals surface area contributed by atoms with Gasteiger partial charge in [-0.25, -0.2) is 8.42 Å². The maximum atomic E-state index is 12.5. The molecule has 1 aromatic heterocycles. The second-order valence-corrected chi connectivity index (χ2v) is 7.05. The average Bonchev–Trinajstić information content (AvgIpc) is 3.11. The van der Waals surface area contributed by atoms with Crippen LogP contribution in [0.25, 0.3) is 5.69 Å². The lowest BCUT2D eigenvalue weighted by atomic mass is 10.3. The first-order chi connectivity index (χ1) is 11.7. The van der Waals surface area contributed by atoms with E-state index in [0.717, 1.165) is 0 Å². The number of aromatic nitrogens is 4. The Balaban J connectivity index is 1.65. The van der Waals surface area contributed by atoms with Crippen molar-refractivity contribution in [3.63, 3.8) is 0 Å². The van der Waals surface area contributed by atoms with Crippen molar-refractivity contribution in [2.45, 2.75) is 11.6 Å². The number of rotatable bonds is 7. The zero-order valence-corrected chi connectivity index (χ0v) is 13.6. The minimum atomic E-state index is -3.60. The van der Waals surface area contributed by atoms with Crippen molar-refractivity contribution >= 4 is 9.84 Å². The predicted octanol–water partition coefficient (Wildman–Crippen LogP) is 1.91. The molecule has 1 heterocycles. The van der Waals surface area contributed by atoms with Crippen LogP contribution >= 0.6 is 0 Å². The minimum absolute atomic E-state index is 0.0902. The van der Waals surface area contributed by atoms with Gasteiger partial charge in [0.15, 0.2) is 0 Å². The molecule has 8 heteroatoms. The van der Waals surface area contributed by atoms with Crippen LogP contribution in [-0.2, 0) is 9.84 Å². The molecule has 3 rings (SSSR count). The van der Waals surface area contributed by atoms with Crippen molar-refractivity contribution in [3.05, 3.63) is 60.7 Å². The number of hydrogen-bond acceptors (Lipinski definition) is 6. The number of ether oxygens (including phenoxy) is 1. The number of tetrazole rings is 1. The summed E-state index contributed by atoms with van der Waals surface area (Å²) >= 11 is 0. The van der Waals surface area contributed by atoms with Gasteiger partial charge in [-0.2, -0.15) is 4.68 Å². The normalized spacial score (nSPS) is 11.3. The topological polar surface area (TPSA) is 87.0 Å². The maximum absolute atomic E-state index is 12.5. The van der Waals surface area contributed by atoms with Gasteiger partial charge in [-0.15, -0.1) is 0 Å². The Morgan fingerprint density at radius 1 is 0.958 bits per heavy atom. The maximum Gasteiger partial charge on any atom is 0.272 e. The smallest absolute Gasteiger partial charge is 0.272 e. The van der Waals surface area contributed by atoms with Gasteiger partial charge in [-0.05, 0) is 41.1 Å². The molecule has 2 aromatic carbocycles. The van der Waals surface area contributed by atoms with Crippen molar-refractivity contribution in [1.82, 2.24) is 20.2 Å². The van der Waals surface area contributed by atoms with Gasteiger partial charge in [-0.1, -0.05) is 41.5 Å². The molecule has 0 aliphatic heterocycles. The van der Waals surface area contributed by atoms with Gasteiger partial charge < -0.3 is 4.74 Å². The lowest BCUT2D eigenvalue weighted by Gasteiger charge is -2.07. The molecule has 0 aliphatic rings. The van der Waals surface area contributed by atoms with E-state index in [1.54, 1.807) is 24.3 Å². The van der Waals surface area contributed by atoms with E-state index in [-0.39, 0.29) is 10.9 Å². The molecule has 0 fully saturated rings. The third kappa shape index (κ3) is 3.77. The Morgan fingerprint density at radius 2 is 1.62 bits per heavy atom. The van der Waals surface area contributed by atoms with E-state index in [2.05, 4.69) is 15.5 Å². The van der Waals surface area contributed by atoms with Crippen LogP contribution in [0.5, 0.6) is 5.75 Å². The lowest BCUT2D eigenvalue weighted by Crippen LogP contribution is -2.16. The largest absolute Gasteiger partial charge is 0.494 e. The number of hydrogen-bond donors (Lipinski definition) is 0. The fourth-order valence-corrected chi connectivity index (χ4v) is 3.40. The zero-order valence-electron chi connectivity index (χ0n) is 12.8. The quantitative estimate of drug-likeness (QED) is 0.609. The molecule has 0 aliphatic carbocycles. The summed E-state index contributed by atoms with van der Waals surface area (Å²) in [6.45, 7) is 0.302. The molecular weight excluding hydrogens is 328 g/mol. The second kappa shape index (κ2) is 7.22. The monoisotopic (exact) mass is 344 g/mol.